The first-order chi connectivity index (χ1) is 17.0. The van der Waals surface area contributed by atoms with Crippen LogP contribution >= 0.6 is 0 Å². The number of carbonyl (C=O) groups excluding carboxylic acids is 1. The number of alkyl halides is 2. The number of aromatic nitrogens is 4. The van der Waals surface area contributed by atoms with Gasteiger partial charge in [-0.15, -0.1) is 0 Å². The van der Waals surface area contributed by atoms with Crippen LogP contribution in [0.4, 0.5) is 14.5 Å². The van der Waals surface area contributed by atoms with Crippen LogP contribution in [0.15, 0.2) is 47.2 Å². The second-order valence-corrected chi connectivity index (χ2v) is 10.4. The number of carbonyl (C=O) groups is 1. The molecule has 5 rings (SSSR count). The Bertz CT molecular complexity index is 1570. The fourth-order valence-electron chi connectivity index (χ4n) is 3.89. The Morgan fingerprint density at radius 3 is 2.78 bits per heavy atom. The number of anilines is 1. The number of nitrogens with zero attached hydrogens (tertiary/aromatic N) is 4. The molecule has 4 aromatic rings. The average Bonchev–Trinajstić information content (AvgIpc) is 3.44. The van der Waals surface area contributed by atoms with Gasteiger partial charge >= 0.3 is 0 Å². The van der Waals surface area contributed by atoms with Crippen LogP contribution in [-0.4, -0.2) is 46.0 Å². The smallest absolute Gasteiger partial charge is 0.274 e. The number of hydrogen-bond donors (Lipinski definition) is 1. The van der Waals surface area contributed by atoms with Crippen molar-refractivity contribution >= 4 is 27.4 Å². The molecule has 1 saturated carbocycles. The average molecular weight is 518 g/mol. The summed E-state index contributed by atoms with van der Waals surface area (Å²) in [4.78, 5) is 21.6. The molecule has 3 heterocycles. The Labute approximate surface area is 204 Å². The van der Waals surface area contributed by atoms with E-state index < -0.39 is 27.9 Å². The lowest BCUT2D eigenvalue weighted by molar-refractivity contribution is -0.0925. The summed E-state index contributed by atoms with van der Waals surface area (Å²) in [5.74, 6) is -3.20. The fourth-order valence-corrected chi connectivity index (χ4v) is 4.24. The van der Waals surface area contributed by atoms with E-state index in [4.69, 9.17) is 8.71 Å². The summed E-state index contributed by atoms with van der Waals surface area (Å²) in [5, 5.41) is 6.75. The van der Waals surface area contributed by atoms with E-state index in [9.17, 15) is 22.0 Å². The molecular formula is C23H21F2N5O5S. The second kappa shape index (κ2) is 8.75. The third-order valence-electron chi connectivity index (χ3n) is 5.86. The molecule has 188 valence electrons. The van der Waals surface area contributed by atoms with Crippen molar-refractivity contribution in [3.8, 4) is 11.4 Å². The molecule has 1 fully saturated rings. The van der Waals surface area contributed by atoms with Crippen molar-refractivity contribution in [2.75, 3.05) is 11.6 Å². The van der Waals surface area contributed by atoms with E-state index in [0.29, 0.717) is 22.5 Å². The van der Waals surface area contributed by atoms with Gasteiger partial charge in [0.25, 0.3) is 16.0 Å². The number of fused-ring (bicyclic) bond motifs is 1. The van der Waals surface area contributed by atoms with Gasteiger partial charge in [0.2, 0.25) is 17.6 Å². The molecule has 0 saturated heterocycles. The zero-order valence-corrected chi connectivity index (χ0v) is 20.1. The lowest BCUT2D eigenvalue weighted by atomic mass is 9.81. The quantitative estimate of drug-likeness (QED) is 0.365. The van der Waals surface area contributed by atoms with Gasteiger partial charge in [0.1, 0.15) is 11.3 Å². The van der Waals surface area contributed by atoms with E-state index >= 15 is 0 Å². The molecule has 0 bridgehead atoms. The van der Waals surface area contributed by atoms with Gasteiger partial charge in [0.05, 0.1) is 19.1 Å². The lowest BCUT2D eigenvalue weighted by Gasteiger charge is -2.31. The Hall–Kier alpha value is -3.71. The fraction of sp³-hybridized carbons (Fsp3) is 0.304. The number of amides is 1. The molecule has 3 aromatic heterocycles. The van der Waals surface area contributed by atoms with Gasteiger partial charge in [-0.25, -0.2) is 13.8 Å². The van der Waals surface area contributed by atoms with Crippen LogP contribution in [-0.2, 0) is 20.9 Å². The van der Waals surface area contributed by atoms with Gasteiger partial charge in [-0.1, -0.05) is 23.4 Å². The summed E-state index contributed by atoms with van der Waals surface area (Å²) in [6.07, 6.45) is 3.32. The third kappa shape index (κ3) is 4.97. The molecule has 0 atom stereocenters. The van der Waals surface area contributed by atoms with Crippen LogP contribution in [0.25, 0.3) is 17.0 Å². The van der Waals surface area contributed by atoms with Crippen molar-refractivity contribution in [2.24, 2.45) is 0 Å². The zero-order chi connectivity index (χ0) is 25.7. The number of hydrogen-bond acceptors (Lipinski definition) is 8. The Morgan fingerprint density at radius 2 is 2.06 bits per heavy atom. The highest BCUT2D eigenvalue weighted by molar-refractivity contribution is 7.85. The van der Waals surface area contributed by atoms with Crippen LogP contribution in [0.3, 0.4) is 0 Å². The minimum atomic E-state index is -3.62. The number of nitrogens with one attached hydrogen (secondary N) is 1. The molecule has 0 radical (unpaired) electrons. The number of rotatable bonds is 7. The van der Waals surface area contributed by atoms with E-state index in [-0.39, 0.29) is 36.9 Å². The van der Waals surface area contributed by atoms with Gasteiger partial charge in [-0.2, -0.15) is 13.4 Å². The highest BCUT2D eigenvalue weighted by Crippen LogP contribution is 2.48. The number of pyridine rings is 1. The van der Waals surface area contributed by atoms with E-state index in [1.165, 1.54) is 10.6 Å². The Balaban J connectivity index is 1.36. The van der Waals surface area contributed by atoms with Crippen molar-refractivity contribution < 1.29 is 30.7 Å². The lowest BCUT2D eigenvalue weighted by Crippen LogP contribution is -2.33. The molecule has 0 spiro atoms. The molecule has 0 aliphatic heterocycles. The summed E-state index contributed by atoms with van der Waals surface area (Å²) in [5.41, 5.74) is 3.07. The van der Waals surface area contributed by atoms with Gasteiger partial charge in [0, 0.05) is 36.2 Å². The first-order valence-corrected chi connectivity index (χ1v) is 12.7. The Morgan fingerprint density at radius 1 is 1.28 bits per heavy atom. The van der Waals surface area contributed by atoms with Crippen LogP contribution < -0.4 is 5.32 Å². The number of imidazole rings is 1. The predicted molar refractivity (Wildman–Crippen MR) is 124 cm³/mol. The molecule has 1 amide bonds. The molecule has 1 aliphatic rings. The minimum Gasteiger partial charge on any atom is -0.339 e. The summed E-state index contributed by atoms with van der Waals surface area (Å²) >= 11 is 0. The summed E-state index contributed by atoms with van der Waals surface area (Å²) in [6, 6.07) is 8.50. The van der Waals surface area contributed by atoms with Gasteiger partial charge in [-0.05, 0) is 30.2 Å². The SMILES string of the molecule is Cc1ccc(-c2noc(C3CC(F)(F)C3)n2)cc1NC(=O)c1cnc2ccc(COS(C)(=O)=O)cn12. The molecule has 1 N–H and O–H groups in total. The molecule has 13 heteroatoms. The van der Waals surface area contributed by atoms with E-state index in [2.05, 4.69) is 20.4 Å². The number of benzene rings is 1. The number of halogens is 2. The molecule has 1 aromatic carbocycles. The monoisotopic (exact) mass is 517 g/mol. The maximum Gasteiger partial charge on any atom is 0.274 e. The highest BCUT2D eigenvalue weighted by atomic mass is 32.2. The predicted octanol–water partition coefficient (Wildman–Crippen LogP) is 3.93. The molecule has 36 heavy (non-hydrogen) atoms. The largest absolute Gasteiger partial charge is 0.339 e. The summed E-state index contributed by atoms with van der Waals surface area (Å²) in [6.45, 7) is 1.63. The van der Waals surface area contributed by atoms with Crippen LogP contribution in [0.2, 0.25) is 0 Å². The molecular weight excluding hydrogens is 496 g/mol. The normalized spacial score (nSPS) is 15.7. The van der Waals surface area contributed by atoms with Gasteiger partial charge in [0.15, 0.2) is 0 Å². The van der Waals surface area contributed by atoms with Gasteiger partial charge < -0.3 is 9.84 Å². The van der Waals surface area contributed by atoms with Crippen molar-refractivity contribution in [2.45, 2.75) is 38.2 Å². The van der Waals surface area contributed by atoms with Crippen molar-refractivity contribution in [3.63, 3.8) is 0 Å². The minimum absolute atomic E-state index is 0.170. The van der Waals surface area contributed by atoms with Crippen molar-refractivity contribution in [1.29, 1.82) is 0 Å². The summed E-state index contributed by atoms with van der Waals surface area (Å²) < 4.78 is 60.5. The second-order valence-electron chi connectivity index (χ2n) is 8.78. The van der Waals surface area contributed by atoms with Crippen molar-refractivity contribution in [1.82, 2.24) is 19.5 Å². The van der Waals surface area contributed by atoms with Crippen molar-refractivity contribution in [3.05, 3.63) is 65.4 Å². The standard InChI is InChI=1S/C23H21F2N5O5S/c1-13-3-5-15(20-28-22(35-29-20)16-8-23(24,25)9-16)7-17(13)27-21(31)18-10-26-19-6-4-14(11-30(18)19)12-34-36(2,32)33/h3-7,10-11,16H,8-9,12H2,1-2H3,(H,27,31). The first-order valence-electron chi connectivity index (χ1n) is 10.9. The van der Waals surface area contributed by atoms with E-state index in [1.54, 1.807) is 36.5 Å². The van der Waals surface area contributed by atoms with Crippen LogP contribution in [0.5, 0.6) is 0 Å². The molecule has 10 nitrogen and oxygen atoms in total. The summed E-state index contributed by atoms with van der Waals surface area (Å²) in [7, 11) is -3.62. The number of aryl methyl sites for hydroxylation is 1. The van der Waals surface area contributed by atoms with E-state index in [0.717, 1.165) is 11.8 Å². The van der Waals surface area contributed by atoms with E-state index in [1.807, 2.05) is 6.92 Å². The Kier molecular flexibility index (Phi) is 5.83. The topological polar surface area (TPSA) is 129 Å². The molecule has 1 aliphatic carbocycles. The highest BCUT2D eigenvalue weighted by Gasteiger charge is 2.48. The maximum absolute atomic E-state index is 13.2. The van der Waals surface area contributed by atoms with Crippen LogP contribution in [0, 0.1) is 6.92 Å². The zero-order valence-electron chi connectivity index (χ0n) is 19.2. The maximum atomic E-state index is 13.2. The first kappa shape index (κ1) is 24.0. The third-order valence-corrected chi connectivity index (χ3v) is 6.41. The van der Waals surface area contributed by atoms with Gasteiger partial charge in [-0.3, -0.25) is 13.4 Å². The molecule has 0 unspecified atom stereocenters. The van der Waals surface area contributed by atoms with Crippen LogP contribution in [0.1, 0.15) is 46.3 Å².